The van der Waals surface area contributed by atoms with Gasteiger partial charge in [-0.3, -0.25) is 9.20 Å². The fourth-order valence-electron chi connectivity index (χ4n) is 2.49. The van der Waals surface area contributed by atoms with Gasteiger partial charge in [0.05, 0.1) is 6.61 Å². The van der Waals surface area contributed by atoms with E-state index < -0.39 is 0 Å². The molecule has 0 unspecified atom stereocenters. The summed E-state index contributed by atoms with van der Waals surface area (Å²) in [6, 6.07) is 13.0. The zero-order chi connectivity index (χ0) is 17.5. The lowest BCUT2D eigenvalue weighted by atomic mass is 10.2. The average Bonchev–Trinajstić information content (AvgIpc) is 3.06. The first-order valence-corrected chi connectivity index (χ1v) is 8.57. The predicted molar refractivity (Wildman–Crippen MR) is 95.9 cm³/mol. The summed E-state index contributed by atoms with van der Waals surface area (Å²) in [5.41, 5.74) is 1.43. The van der Waals surface area contributed by atoms with Crippen molar-refractivity contribution in [1.82, 2.24) is 19.9 Å². The number of hydrogen-bond donors (Lipinski definition) is 1. The molecule has 1 N–H and O–H groups in total. The first-order chi connectivity index (χ1) is 12.3. The molecule has 0 spiro atoms. The smallest absolute Gasteiger partial charge is 0.251 e. The Bertz CT molecular complexity index is 827. The minimum Gasteiger partial charge on any atom is -0.494 e. The van der Waals surface area contributed by atoms with Crippen molar-refractivity contribution in [3.05, 3.63) is 60.0 Å². The van der Waals surface area contributed by atoms with E-state index in [1.165, 1.54) is 0 Å². The number of fused-ring (bicyclic) bond motifs is 1. The first kappa shape index (κ1) is 17.0. The summed E-state index contributed by atoms with van der Waals surface area (Å²) in [5.74, 6) is 1.52. The SMILES string of the molecule is CCCCOc1ccc(C(=O)NCCc2nnc3ccccn23)cc1. The second-order valence-corrected chi connectivity index (χ2v) is 5.78. The summed E-state index contributed by atoms with van der Waals surface area (Å²) in [5, 5.41) is 11.2. The lowest BCUT2D eigenvalue weighted by molar-refractivity contribution is 0.0954. The third kappa shape index (κ3) is 4.35. The predicted octanol–water partition coefficient (Wildman–Crippen LogP) is 2.88. The van der Waals surface area contributed by atoms with Crippen LogP contribution in [0.25, 0.3) is 5.65 Å². The van der Waals surface area contributed by atoms with Gasteiger partial charge in [-0.15, -0.1) is 10.2 Å². The van der Waals surface area contributed by atoms with Crippen molar-refractivity contribution >= 4 is 11.6 Å². The highest BCUT2D eigenvalue weighted by Gasteiger charge is 2.08. The maximum atomic E-state index is 12.2. The molecule has 0 radical (unpaired) electrons. The number of ether oxygens (including phenoxy) is 1. The van der Waals surface area contributed by atoms with Gasteiger partial charge >= 0.3 is 0 Å². The largest absolute Gasteiger partial charge is 0.494 e. The van der Waals surface area contributed by atoms with Crippen molar-refractivity contribution in [2.75, 3.05) is 13.2 Å². The maximum absolute atomic E-state index is 12.2. The van der Waals surface area contributed by atoms with Gasteiger partial charge in [-0.2, -0.15) is 0 Å². The Morgan fingerprint density at radius 3 is 2.80 bits per heavy atom. The van der Waals surface area contributed by atoms with Crippen LogP contribution in [0.2, 0.25) is 0 Å². The Labute approximate surface area is 146 Å². The van der Waals surface area contributed by atoms with Crippen molar-refractivity contribution in [3.8, 4) is 5.75 Å². The van der Waals surface area contributed by atoms with Crippen LogP contribution in [-0.2, 0) is 6.42 Å². The molecule has 6 nitrogen and oxygen atoms in total. The third-order valence-electron chi connectivity index (χ3n) is 3.90. The summed E-state index contributed by atoms with van der Waals surface area (Å²) in [6.45, 7) is 3.33. The van der Waals surface area contributed by atoms with Gasteiger partial charge in [0.15, 0.2) is 5.65 Å². The molecule has 1 aromatic carbocycles. The molecular weight excluding hydrogens is 316 g/mol. The monoisotopic (exact) mass is 338 g/mol. The van der Waals surface area contributed by atoms with E-state index in [1.54, 1.807) is 12.1 Å². The highest BCUT2D eigenvalue weighted by atomic mass is 16.5. The van der Waals surface area contributed by atoms with Crippen LogP contribution in [0.3, 0.4) is 0 Å². The molecule has 0 fully saturated rings. The number of nitrogens with zero attached hydrogens (tertiary/aromatic N) is 3. The highest BCUT2D eigenvalue weighted by molar-refractivity contribution is 5.94. The van der Waals surface area contributed by atoms with Crippen LogP contribution in [0.15, 0.2) is 48.7 Å². The van der Waals surface area contributed by atoms with Gasteiger partial charge in [-0.1, -0.05) is 19.4 Å². The van der Waals surface area contributed by atoms with Crippen LogP contribution in [0.5, 0.6) is 5.75 Å². The van der Waals surface area contributed by atoms with Crippen LogP contribution < -0.4 is 10.1 Å². The zero-order valence-electron chi connectivity index (χ0n) is 14.3. The number of carbonyl (C=O) groups excluding carboxylic acids is 1. The van der Waals surface area contributed by atoms with Crippen LogP contribution in [-0.4, -0.2) is 33.7 Å². The van der Waals surface area contributed by atoms with Gasteiger partial charge in [0.2, 0.25) is 0 Å². The minimum atomic E-state index is -0.103. The molecular formula is C19H22N4O2. The molecule has 3 rings (SSSR count). The molecule has 0 aliphatic heterocycles. The Balaban J connectivity index is 1.50. The van der Waals surface area contributed by atoms with Crippen molar-refractivity contribution < 1.29 is 9.53 Å². The van der Waals surface area contributed by atoms with Crippen molar-refractivity contribution in [3.63, 3.8) is 0 Å². The summed E-state index contributed by atoms with van der Waals surface area (Å²) in [6.07, 6.45) is 4.67. The standard InChI is InChI=1S/C19H22N4O2/c1-2-3-14-25-16-9-7-15(8-10-16)19(24)20-12-11-18-22-21-17-6-4-5-13-23(17)18/h4-10,13H,2-3,11-12,14H2,1H3,(H,20,24). The van der Waals surface area contributed by atoms with E-state index in [1.807, 2.05) is 40.9 Å². The molecule has 0 saturated carbocycles. The number of unbranched alkanes of at least 4 members (excludes halogenated alkanes) is 1. The molecule has 1 amide bonds. The number of hydrogen-bond acceptors (Lipinski definition) is 4. The van der Waals surface area contributed by atoms with Crippen LogP contribution in [0.4, 0.5) is 0 Å². The first-order valence-electron chi connectivity index (χ1n) is 8.57. The van der Waals surface area contributed by atoms with Gasteiger partial charge < -0.3 is 10.1 Å². The fourth-order valence-corrected chi connectivity index (χ4v) is 2.49. The third-order valence-corrected chi connectivity index (χ3v) is 3.90. The number of benzene rings is 1. The Morgan fingerprint density at radius 1 is 1.16 bits per heavy atom. The normalized spacial score (nSPS) is 10.8. The molecule has 25 heavy (non-hydrogen) atoms. The van der Waals surface area contributed by atoms with E-state index in [-0.39, 0.29) is 5.91 Å². The second kappa shape index (κ2) is 8.28. The molecule has 3 aromatic rings. The fraction of sp³-hybridized carbons (Fsp3) is 0.316. The zero-order valence-corrected chi connectivity index (χ0v) is 14.3. The lowest BCUT2D eigenvalue weighted by Crippen LogP contribution is -2.26. The van der Waals surface area contributed by atoms with E-state index >= 15 is 0 Å². The van der Waals surface area contributed by atoms with Crippen molar-refractivity contribution in [2.24, 2.45) is 0 Å². The van der Waals surface area contributed by atoms with Crippen molar-refractivity contribution in [2.45, 2.75) is 26.2 Å². The van der Waals surface area contributed by atoms with E-state index in [2.05, 4.69) is 22.4 Å². The quantitative estimate of drug-likeness (QED) is 0.641. The van der Waals surface area contributed by atoms with E-state index in [4.69, 9.17) is 4.74 Å². The number of carbonyl (C=O) groups is 1. The van der Waals surface area contributed by atoms with Gasteiger partial charge in [-0.05, 0) is 42.8 Å². The number of pyridine rings is 1. The Morgan fingerprint density at radius 2 is 2.00 bits per heavy atom. The molecule has 2 aromatic heterocycles. The number of amides is 1. The maximum Gasteiger partial charge on any atom is 0.251 e. The summed E-state index contributed by atoms with van der Waals surface area (Å²) >= 11 is 0. The molecule has 0 aliphatic carbocycles. The van der Waals surface area contributed by atoms with Crippen LogP contribution in [0.1, 0.15) is 35.9 Å². The number of rotatable bonds is 8. The number of aromatic nitrogens is 3. The molecule has 0 atom stereocenters. The lowest BCUT2D eigenvalue weighted by Gasteiger charge is -2.07. The summed E-state index contributed by atoms with van der Waals surface area (Å²) in [4.78, 5) is 12.2. The molecule has 130 valence electrons. The molecule has 0 aliphatic rings. The van der Waals surface area contributed by atoms with Crippen LogP contribution in [0, 0.1) is 0 Å². The van der Waals surface area contributed by atoms with Crippen molar-refractivity contribution in [1.29, 1.82) is 0 Å². The molecule has 2 heterocycles. The molecule has 6 heteroatoms. The van der Waals surface area contributed by atoms with Gasteiger partial charge in [0.1, 0.15) is 11.6 Å². The highest BCUT2D eigenvalue weighted by Crippen LogP contribution is 2.12. The van der Waals surface area contributed by atoms with Gasteiger partial charge in [0, 0.05) is 24.7 Å². The molecule has 0 saturated heterocycles. The number of nitrogens with one attached hydrogen (secondary N) is 1. The van der Waals surface area contributed by atoms with Crippen LogP contribution >= 0.6 is 0 Å². The summed E-state index contributed by atoms with van der Waals surface area (Å²) < 4.78 is 7.53. The van der Waals surface area contributed by atoms with E-state index in [0.29, 0.717) is 25.1 Å². The Kier molecular flexibility index (Phi) is 5.61. The second-order valence-electron chi connectivity index (χ2n) is 5.78. The molecule has 0 bridgehead atoms. The Hall–Kier alpha value is -2.89. The van der Waals surface area contributed by atoms with Gasteiger partial charge in [0.25, 0.3) is 5.91 Å². The van der Waals surface area contributed by atoms with E-state index in [0.717, 1.165) is 30.1 Å². The topological polar surface area (TPSA) is 68.5 Å². The minimum absolute atomic E-state index is 0.103. The average molecular weight is 338 g/mol. The van der Waals surface area contributed by atoms with Gasteiger partial charge in [-0.25, -0.2) is 0 Å². The van der Waals surface area contributed by atoms with E-state index in [9.17, 15) is 4.79 Å². The summed E-state index contributed by atoms with van der Waals surface area (Å²) in [7, 11) is 0.